The Bertz CT molecular complexity index is 1880. The van der Waals surface area contributed by atoms with E-state index in [2.05, 4.69) is 0 Å². The quantitative estimate of drug-likeness (QED) is 0.0662. The highest BCUT2D eigenvalue weighted by atomic mass is 35.5. The molecule has 2 aliphatic heterocycles. The lowest BCUT2D eigenvalue weighted by Crippen LogP contribution is -2.51. The highest BCUT2D eigenvalue weighted by Crippen LogP contribution is 2.63. The van der Waals surface area contributed by atoms with E-state index in [0.717, 1.165) is 20.9 Å². The predicted octanol–water partition coefficient (Wildman–Crippen LogP) is 9.91. The van der Waals surface area contributed by atoms with Crippen LogP contribution < -0.4 is 14.4 Å². The third-order valence-corrected chi connectivity index (χ3v) is 11.8. The highest BCUT2D eigenvalue weighted by Gasteiger charge is 2.69. The van der Waals surface area contributed by atoms with Gasteiger partial charge in [-0.1, -0.05) is 89.1 Å². The van der Waals surface area contributed by atoms with Crippen molar-refractivity contribution in [1.82, 2.24) is 0 Å². The molecule has 12 nitrogen and oxygen atoms in total. The van der Waals surface area contributed by atoms with Crippen LogP contribution in [0.5, 0.6) is 11.5 Å². The van der Waals surface area contributed by atoms with Gasteiger partial charge in [0.05, 0.1) is 46.1 Å². The van der Waals surface area contributed by atoms with Crippen LogP contribution in [0.2, 0.25) is 0 Å². The fourth-order valence-corrected chi connectivity index (χ4v) is 8.94. The van der Waals surface area contributed by atoms with Crippen molar-refractivity contribution in [2.24, 2.45) is 0 Å². The van der Waals surface area contributed by atoms with Crippen molar-refractivity contribution in [3.05, 3.63) is 83.4 Å². The van der Waals surface area contributed by atoms with Gasteiger partial charge in [0, 0.05) is 17.7 Å². The molecule has 0 aromatic heterocycles. The number of ether oxygens (including phenoxy) is 8. The Hall–Kier alpha value is -3.72. The Labute approximate surface area is 355 Å². The second-order valence-corrected chi connectivity index (χ2v) is 18.6. The smallest absolute Gasteiger partial charge is 0.424 e. The summed E-state index contributed by atoms with van der Waals surface area (Å²) >= 11 is 15.9. The zero-order chi connectivity index (χ0) is 42.5. The number of carbonyl (C=O) groups is 3. The number of carbonyl (C=O) groups excluding carboxylic acids is 3. The number of cyclic esters (lactones) is 1. The van der Waals surface area contributed by atoms with Crippen LogP contribution in [0.25, 0.3) is 0 Å². The Morgan fingerprint density at radius 2 is 1.43 bits per heavy atom. The van der Waals surface area contributed by atoms with Crippen LogP contribution in [-0.4, -0.2) is 79.0 Å². The summed E-state index contributed by atoms with van der Waals surface area (Å²) in [5.41, 5.74) is -3.06. The molecule has 2 aliphatic rings. The number of anilines is 1. The minimum Gasteiger partial charge on any atom is -0.493 e. The topological polar surface area (TPSA) is 128 Å². The van der Waals surface area contributed by atoms with Gasteiger partial charge >= 0.3 is 18.2 Å². The molecule has 0 spiro atoms. The molecule has 316 valence electrons. The Kier molecular flexibility index (Phi) is 14.3. The van der Waals surface area contributed by atoms with Gasteiger partial charge < -0.3 is 37.9 Å². The predicted molar refractivity (Wildman–Crippen MR) is 222 cm³/mol. The van der Waals surface area contributed by atoms with Crippen LogP contribution in [0.15, 0.2) is 71.6 Å². The van der Waals surface area contributed by atoms with Crippen molar-refractivity contribution in [2.75, 3.05) is 38.9 Å². The number of benzene rings is 3. The van der Waals surface area contributed by atoms with Gasteiger partial charge in [0.1, 0.15) is 16.9 Å². The van der Waals surface area contributed by atoms with Gasteiger partial charge in [-0.2, -0.15) is 4.90 Å². The lowest BCUT2D eigenvalue weighted by atomic mass is 9.72. The summed E-state index contributed by atoms with van der Waals surface area (Å²) < 4.78 is 45.8. The molecular formula is C43H53Cl2NO11S. The van der Waals surface area contributed by atoms with Gasteiger partial charge in [-0.15, -0.1) is 0 Å². The molecule has 0 radical (unpaired) electrons. The molecule has 58 heavy (non-hydrogen) atoms. The van der Waals surface area contributed by atoms with Gasteiger partial charge in [-0.3, -0.25) is 0 Å². The first kappa shape index (κ1) is 45.4. The van der Waals surface area contributed by atoms with E-state index in [1.807, 2.05) is 61.5 Å². The number of hydrogen-bond acceptors (Lipinski definition) is 12. The van der Waals surface area contributed by atoms with E-state index in [1.54, 1.807) is 53.7 Å². The maximum Gasteiger partial charge on any atom is 0.424 e. The van der Waals surface area contributed by atoms with Gasteiger partial charge in [0.15, 0.2) is 22.7 Å². The van der Waals surface area contributed by atoms with Crippen molar-refractivity contribution >= 4 is 58.8 Å². The molecule has 3 aromatic carbocycles. The number of alkyl halides is 2. The third kappa shape index (κ3) is 10.2. The number of aryl methyl sites for hydroxylation is 1. The fourth-order valence-electron chi connectivity index (χ4n) is 6.83. The number of methoxy groups -OCH3 is 2. The lowest BCUT2D eigenvalue weighted by molar-refractivity contribution is -0.178. The summed E-state index contributed by atoms with van der Waals surface area (Å²) in [5, 5.41) is 0. The van der Waals surface area contributed by atoms with E-state index in [4.69, 9.17) is 61.1 Å². The molecule has 0 unspecified atom stereocenters. The maximum absolute atomic E-state index is 14.4. The zero-order valence-electron chi connectivity index (χ0n) is 34.5. The average molecular weight is 863 g/mol. The summed E-state index contributed by atoms with van der Waals surface area (Å²) in [6, 6.07) is 20.6. The molecule has 2 atom stereocenters. The van der Waals surface area contributed by atoms with Gasteiger partial charge in [-0.25, -0.2) is 14.4 Å². The van der Waals surface area contributed by atoms with Crippen molar-refractivity contribution in [3.63, 3.8) is 0 Å². The molecule has 3 aromatic rings. The van der Waals surface area contributed by atoms with Crippen molar-refractivity contribution in [3.8, 4) is 11.5 Å². The van der Waals surface area contributed by atoms with E-state index >= 15 is 0 Å². The van der Waals surface area contributed by atoms with Crippen LogP contribution in [0.4, 0.5) is 15.3 Å². The number of imide groups is 1. The van der Waals surface area contributed by atoms with Gasteiger partial charge in [0.25, 0.3) is 0 Å². The number of amides is 2. The molecule has 0 N–H and O–H groups in total. The lowest BCUT2D eigenvalue weighted by Gasteiger charge is -2.42. The molecule has 2 saturated heterocycles. The first-order chi connectivity index (χ1) is 27.3. The highest BCUT2D eigenvalue weighted by molar-refractivity contribution is 8.00. The summed E-state index contributed by atoms with van der Waals surface area (Å²) in [4.78, 5) is 44.4. The number of esters is 1. The Morgan fingerprint density at radius 3 is 1.98 bits per heavy atom. The standard InChI is InChI=1S/C43H53Cl2NO11S/c1-28-15-17-30(18-16-28)58-36-42(43(44,45)35(47)55-36,22-21-41(53-25-26-54-41)23-24-52-27-29-13-11-10-12-14-29)31-19-20-32(50-8)34(51-9)33(31)46(37(48)56-39(2,3)4)38(49)57-40(5,6)7/h10-20,36H,21-27H2,1-9H3/t36-,42-/m1/s1. The molecule has 5 rings (SSSR count). The minimum atomic E-state index is -2.33. The largest absolute Gasteiger partial charge is 0.493 e. The zero-order valence-corrected chi connectivity index (χ0v) is 36.8. The Morgan fingerprint density at radius 1 is 0.828 bits per heavy atom. The molecule has 2 fully saturated rings. The molecule has 0 bridgehead atoms. The number of thioether (sulfide) groups is 1. The Balaban J connectivity index is 1.73. The molecule has 0 aliphatic carbocycles. The second-order valence-electron chi connectivity index (χ2n) is 16.1. The molecule has 2 heterocycles. The summed E-state index contributed by atoms with van der Waals surface area (Å²) in [7, 11) is 2.76. The van der Waals surface area contributed by atoms with E-state index in [-0.39, 0.29) is 42.2 Å². The fraction of sp³-hybridized carbons (Fsp3) is 0.512. The summed E-state index contributed by atoms with van der Waals surface area (Å²) in [6.07, 6.45) is -1.79. The number of hydrogen-bond donors (Lipinski definition) is 0. The van der Waals surface area contributed by atoms with Crippen molar-refractivity contribution < 1.29 is 52.3 Å². The summed E-state index contributed by atoms with van der Waals surface area (Å²) in [5.74, 6) is -2.04. The normalized spacial score (nSPS) is 20.0. The second kappa shape index (κ2) is 18.3. The maximum atomic E-state index is 14.4. The van der Waals surface area contributed by atoms with Crippen molar-refractivity contribution in [1.29, 1.82) is 0 Å². The van der Waals surface area contributed by atoms with E-state index in [0.29, 0.717) is 26.2 Å². The number of nitrogens with zero attached hydrogens (tertiary/aromatic N) is 1. The van der Waals surface area contributed by atoms with E-state index in [1.165, 1.54) is 26.0 Å². The molecule has 15 heteroatoms. The molecule has 2 amide bonds. The van der Waals surface area contributed by atoms with Crippen LogP contribution in [-0.2, 0) is 45.2 Å². The number of rotatable bonds is 14. The van der Waals surface area contributed by atoms with Gasteiger partial charge in [0.2, 0.25) is 4.33 Å². The van der Waals surface area contributed by atoms with Crippen LogP contribution in [0.1, 0.15) is 77.5 Å². The van der Waals surface area contributed by atoms with Crippen LogP contribution >= 0.6 is 35.0 Å². The summed E-state index contributed by atoms with van der Waals surface area (Å²) in [6.45, 7) is 13.2. The van der Waals surface area contributed by atoms with Crippen LogP contribution in [0, 0.1) is 6.92 Å². The van der Waals surface area contributed by atoms with E-state index in [9.17, 15) is 14.4 Å². The third-order valence-electron chi connectivity index (χ3n) is 9.53. The van der Waals surface area contributed by atoms with Gasteiger partial charge in [-0.05, 0) is 84.2 Å². The van der Waals surface area contributed by atoms with Crippen LogP contribution in [0.3, 0.4) is 0 Å². The minimum absolute atomic E-state index is 0.0348. The SMILES string of the molecule is COc1ccc([C@]2(CCC3(CCOCc4ccccc4)OCCO3)[C@@H](Sc3ccc(C)cc3)OC(=O)C2(Cl)Cl)c(N(C(=O)OC(C)(C)C)C(=O)OC(C)(C)C)c1OC. The molecular weight excluding hydrogens is 809 g/mol. The first-order valence-corrected chi connectivity index (χ1v) is 20.6. The first-order valence-electron chi connectivity index (χ1n) is 19.0. The monoisotopic (exact) mass is 861 g/mol. The van der Waals surface area contributed by atoms with E-state index < -0.39 is 50.3 Å². The molecule has 0 saturated carbocycles. The average Bonchev–Trinajstić information content (AvgIpc) is 3.69. The van der Waals surface area contributed by atoms with Crippen molar-refractivity contribution in [2.45, 2.75) is 111 Å². The number of halogens is 2.